The molecule has 1 saturated heterocycles. The first-order chi connectivity index (χ1) is 41.4. The largest absolute Gasteiger partial charge is 0.480 e. The number of nitrogens with one attached hydrogen (secondary N) is 10. The number of carboxylic acids is 1. The molecule has 0 bridgehead atoms. The number of aromatic amines is 2. The molecule has 1 fully saturated rings. The lowest BCUT2D eigenvalue weighted by atomic mass is 9.96. The Balaban J connectivity index is 1.59. The van der Waals surface area contributed by atoms with Crippen LogP contribution in [0.1, 0.15) is 122 Å². The Kier molecular flexibility index (Phi) is 29.2. The molecule has 0 spiro atoms. The molecule has 10 atom stereocenters. The molecular formula is C57H89N17O13. The third kappa shape index (κ3) is 23.0. The number of hydrogen-bond acceptors (Lipinski definition) is 16. The summed E-state index contributed by atoms with van der Waals surface area (Å²) in [6.45, 7) is 7.25. The second kappa shape index (κ2) is 35.8. The highest BCUT2D eigenvalue weighted by atomic mass is 16.4. The molecule has 11 amide bonds. The highest BCUT2D eigenvalue weighted by molar-refractivity contribution is 6.00. The summed E-state index contributed by atoms with van der Waals surface area (Å²) in [5.41, 5.74) is 30.1. The number of imidazole rings is 1. The minimum Gasteiger partial charge on any atom is -0.480 e. The first kappa shape index (κ1) is 71.0. The Morgan fingerprint density at radius 2 is 1.30 bits per heavy atom. The van der Waals surface area contributed by atoms with Crippen LogP contribution in [0.15, 0.2) is 43.0 Å². The van der Waals surface area contributed by atoms with Gasteiger partial charge in [-0.05, 0) is 94.3 Å². The van der Waals surface area contributed by atoms with Gasteiger partial charge in [0.2, 0.25) is 65.0 Å². The number of primary amides is 2. The molecule has 30 heteroatoms. The topological polar surface area (TPSA) is 499 Å². The maximum absolute atomic E-state index is 14.8. The standard InChI is InChI=1S/C57H89N17O13/c1-5-32(4)48(73-49(78)36(60)14-8-10-20-58)55(84)71-41(24-33-27-64-37-15-7-6-13-35(33)37)52(81)69-40(23-31(2)3)51(80)70-42(25-34-28-63-30-66-34)53(82)68-38(18-19-45(61)75)50(79)72-43(26-46(62)76)56(85)74-22-12-17-44(74)54(83)65-29-47(77)67-39(57(86)87)16-9-11-21-59/h6-7,13,15,27-28,30-32,36,38-44,48,64H,5,8-12,14,16-26,29,58-60H2,1-4H3,(H2,61,75)(H2,62,76)(H,63,66)(H,65,83)(H,67,77)(H,68,82)(H,69,81)(H,70,80)(H,71,84)(H,72,79)(H,73,78)(H,86,87)/t32-,36-,38-,39-,40-,41-,42-,43-,44-,48-/m0/s1. The number of aromatic nitrogens is 3. The zero-order chi connectivity index (χ0) is 64.3. The van der Waals surface area contributed by atoms with Gasteiger partial charge in [0.15, 0.2) is 0 Å². The van der Waals surface area contributed by atoms with E-state index in [1.165, 1.54) is 12.5 Å². The van der Waals surface area contributed by atoms with Crippen LogP contribution in [0.2, 0.25) is 0 Å². The molecule has 1 aromatic carbocycles. The Morgan fingerprint density at radius 3 is 1.92 bits per heavy atom. The fraction of sp³-hybridized carbons (Fsp3) is 0.596. The molecule has 3 heterocycles. The Labute approximate surface area is 504 Å². The quantitative estimate of drug-likeness (QED) is 0.0255. The van der Waals surface area contributed by atoms with Gasteiger partial charge in [0, 0.05) is 54.8 Å². The van der Waals surface area contributed by atoms with Gasteiger partial charge < -0.3 is 91.2 Å². The number of fused-ring (bicyclic) bond motifs is 1. The summed E-state index contributed by atoms with van der Waals surface area (Å²) in [6, 6.07) is -4.85. The lowest BCUT2D eigenvalue weighted by molar-refractivity contribution is -0.143. The number of unbranched alkanes of at least 4 members (excludes halogenated alkanes) is 2. The molecule has 3 aromatic rings. The highest BCUT2D eigenvalue weighted by Crippen LogP contribution is 2.22. The number of hydrogen-bond donors (Lipinski definition) is 16. The summed E-state index contributed by atoms with van der Waals surface area (Å²) in [5, 5.41) is 31.1. The summed E-state index contributed by atoms with van der Waals surface area (Å²) in [5.74, 6) is -11.4. The number of benzene rings is 1. The minimum atomic E-state index is -1.73. The van der Waals surface area contributed by atoms with Gasteiger partial charge in [-0.15, -0.1) is 0 Å². The predicted molar refractivity (Wildman–Crippen MR) is 318 cm³/mol. The van der Waals surface area contributed by atoms with Crippen LogP contribution in [-0.2, 0) is 70.4 Å². The molecule has 1 aliphatic heterocycles. The van der Waals surface area contributed by atoms with Crippen molar-refractivity contribution in [1.29, 1.82) is 0 Å². The van der Waals surface area contributed by atoms with Crippen LogP contribution in [0.4, 0.5) is 0 Å². The summed E-state index contributed by atoms with van der Waals surface area (Å²) < 4.78 is 0. The maximum atomic E-state index is 14.8. The van der Waals surface area contributed by atoms with Crippen LogP contribution in [0, 0.1) is 11.8 Å². The second-order valence-corrected chi connectivity index (χ2v) is 22.4. The summed E-state index contributed by atoms with van der Waals surface area (Å²) in [6.07, 6.45) is 5.77. The number of carboxylic acid groups (broad SMARTS) is 1. The second-order valence-electron chi connectivity index (χ2n) is 22.4. The molecule has 480 valence electrons. The fourth-order valence-electron chi connectivity index (χ4n) is 9.95. The van der Waals surface area contributed by atoms with E-state index in [9.17, 15) is 62.6 Å². The molecule has 0 unspecified atom stereocenters. The summed E-state index contributed by atoms with van der Waals surface area (Å²) in [7, 11) is 0. The molecule has 0 aliphatic carbocycles. The minimum absolute atomic E-state index is 0.00822. The van der Waals surface area contributed by atoms with E-state index in [2.05, 4.69) is 57.5 Å². The molecule has 0 saturated carbocycles. The molecule has 21 N–H and O–H groups in total. The molecule has 2 aromatic heterocycles. The molecular weight excluding hydrogens is 1130 g/mol. The molecule has 0 radical (unpaired) electrons. The van der Waals surface area contributed by atoms with Crippen molar-refractivity contribution in [3.8, 4) is 0 Å². The molecule has 30 nitrogen and oxygen atoms in total. The van der Waals surface area contributed by atoms with E-state index >= 15 is 0 Å². The first-order valence-electron chi connectivity index (χ1n) is 29.5. The zero-order valence-corrected chi connectivity index (χ0v) is 50.0. The monoisotopic (exact) mass is 1220 g/mol. The van der Waals surface area contributed by atoms with E-state index in [4.69, 9.17) is 28.7 Å². The number of rotatable bonds is 39. The third-order valence-electron chi connectivity index (χ3n) is 15.0. The Hall–Kier alpha value is -8.51. The number of nitrogens with two attached hydrogens (primary N) is 5. The van der Waals surface area contributed by atoms with Crippen molar-refractivity contribution >= 4 is 81.9 Å². The van der Waals surface area contributed by atoms with Crippen LogP contribution in [0.3, 0.4) is 0 Å². The van der Waals surface area contributed by atoms with Crippen LogP contribution in [0.25, 0.3) is 10.9 Å². The highest BCUT2D eigenvalue weighted by Gasteiger charge is 2.40. The Bertz CT molecular complexity index is 2830. The van der Waals surface area contributed by atoms with E-state index in [0.717, 1.165) is 15.8 Å². The van der Waals surface area contributed by atoms with Crippen molar-refractivity contribution in [3.63, 3.8) is 0 Å². The number of amides is 11. The van der Waals surface area contributed by atoms with Crippen molar-refractivity contribution in [2.75, 3.05) is 26.2 Å². The van der Waals surface area contributed by atoms with Gasteiger partial charge in [-0.3, -0.25) is 52.7 Å². The predicted octanol–water partition coefficient (Wildman–Crippen LogP) is -2.92. The zero-order valence-electron chi connectivity index (χ0n) is 50.0. The van der Waals surface area contributed by atoms with E-state index in [1.807, 2.05) is 31.2 Å². The number of nitrogens with zero attached hydrogens (tertiary/aromatic N) is 2. The normalized spacial score (nSPS) is 16.1. The number of H-pyrrole nitrogens is 2. The smallest absolute Gasteiger partial charge is 0.326 e. The third-order valence-corrected chi connectivity index (χ3v) is 15.0. The van der Waals surface area contributed by atoms with Gasteiger partial charge in [0.1, 0.15) is 48.3 Å². The van der Waals surface area contributed by atoms with Crippen molar-refractivity contribution in [3.05, 3.63) is 54.2 Å². The maximum Gasteiger partial charge on any atom is 0.326 e. The lowest BCUT2D eigenvalue weighted by Crippen LogP contribution is -2.61. The number of likely N-dealkylation sites (tertiary alicyclic amines) is 1. The van der Waals surface area contributed by atoms with Crippen LogP contribution < -0.4 is 71.2 Å². The van der Waals surface area contributed by atoms with Gasteiger partial charge >= 0.3 is 5.97 Å². The number of aliphatic carboxylic acids is 1. The average Bonchev–Trinajstić information content (AvgIpc) is 4.48. The van der Waals surface area contributed by atoms with Crippen LogP contribution >= 0.6 is 0 Å². The van der Waals surface area contributed by atoms with Crippen LogP contribution in [0.5, 0.6) is 0 Å². The fourth-order valence-corrected chi connectivity index (χ4v) is 9.95. The SMILES string of the molecule is CC[C@H](C)[C@H](NC(=O)[C@@H](N)CCCCN)C(=O)N[C@@H](Cc1c[nH]c2ccccc12)C(=O)N[C@@H](CC(C)C)C(=O)N[C@@H](Cc1cnc[nH]1)C(=O)N[C@@H](CCC(N)=O)C(=O)N[C@@H](CC(N)=O)C(=O)N1CCC[C@H]1C(=O)NCC(=O)N[C@@H](CCCCN)C(=O)O. The van der Waals surface area contributed by atoms with Gasteiger partial charge in [0.05, 0.1) is 25.3 Å². The van der Waals surface area contributed by atoms with Crippen molar-refractivity contribution in [2.24, 2.45) is 40.5 Å². The van der Waals surface area contributed by atoms with E-state index in [0.29, 0.717) is 62.9 Å². The first-order valence-corrected chi connectivity index (χ1v) is 29.5. The van der Waals surface area contributed by atoms with Crippen molar-refractivity contribution in [1.82, 2.24) is 62.4 Å². The van der Waals surface area contributed by atoms with Gasteiger partial charge in [-0.1, -0.05) is 58.7 Å². The average molecular weight is 1220 g/mol. The number of carbonyl (C=O) groups excluding carboxylic acids is 11. The lowest BCUT2D eigenvalue weighted by Gasteiger charge is -2.30. The molecule has 87 heavy (non-hydrogen) atoms. The molecule has 4 rings (SSSR count). The van der Waals surface area contributed by atoms with Gasteiger partial charge in [0.25, 0.3) is 0 Å². The van der Waals surface area contributed by atoms with Crippen molar-refractivity contribution < 1.29 is 62.6 Å². The molecule has 1 aliphatic rings. The van der Waals surface area contributed by atoms with Crippen LogP contribution in [-0.4, -0.2) is 176 Å². The van der Waals surface area contributed by atoms with E-state index < -0.39 is 157 Å². The number of para-hydroxylation sites is 1. The van der Waals surface area contributed by atoms with E-state index in [1.54, 1.807) is 27.0 Å². The Morgan fingerprint density at radius 1 is 0.690 bits per heavy atom. The van der Waals surface area contributed by atoms with Gasteiger partial charge in [-0.2, -0.15) is 0 Å². The van der Waals surface area contributed by atoms with E-state index in [-0.39, 0.29) is 51.0 Å². The summed E-state index contributed by atoms with van der Waals surface area (Å²) >= 11 is 0. The van der Waals surface area contributed by atoms with Crippen molar-refractivity contribution in [2.45, 2.75) is 178 Å². The summed E-state index contributed by atoms with van der Waals surface area (Å²) in [4.78, 5) is 174. The number of carbonyl (C=O) groups is 12. The van der Waals surface area contributed by atoms with Gasteiger partial charge in [-0.25, -0.2) is 9.78 Å².